The van der Waals surface area contributed by atoms with Gasteiger partial charge in [-0.1, -0.05) is 44.2 Å². The summed E-state index contributed by atoms with van der Waals surface area (Å²) in [4.78, 5) is 12.9. The third-order valence-electron chi connectivity index (χ3n) is 2.61. The van der Waals surface area contributed by atoms with Crippen molar-refractivity contribution in [3.05, 3.63) is 35.9 Å². The van der Waals surface area contributed by atoms with Crippen LogP contribution in [0.5, 0.6) is 0 Å². The van der Waals surface area contributed by atoms with Crippen LogP contribution in [0.2, 0.25) is 0 Å². The number of hydrogen-bond acceptors (Lipinski definition) is 1. The molecule has 88 valence electrons. The molecule has 1 aliphatic rings. The van der Waals surface area contributed by atoms with Crippen LogP contribution in [0.25, 0.3) is 0 Å². The van der Waals surface area contributed by atoms with Crippen molar-refractivity contribution in [2.24, 2.45) is 0 Å². The number of amides is 2. The minimum atomic E-state index is 0.0252. The van der Waals surface area contributed by atoms with Crippen LogP contribution in [0.3, 0.4) is 0 Å². The van der Waals surface area contributed by atoms with Gasteiger partial charge in [0.05, 0.1) is 0 Å². The Morgan fingerprint density at radius 2 is 1.88 bits per heavy atom. The van der Waals surface area contributed by atoms with Crippen molar-refractivity contribution in [2.75, 3.05) is 20.1 Å². The summed E-state index contributed by atoms with van der Waals surface area (Å²) < 4.78 is 0. The molecule has 0 saturated carbocycles. The van der Waals surface area contributed by atoms with Crippen LogP contribution in [0.1, 0.15) is 25.3 Å². The molecule has 1 aromatic rings. The largest absolute Gasteiger partial charge is 0.337 e. The zero-order valence-corrected chi connectivity index (χ0v) is 10.2. The first kappa shape index (κ1) is 12.6. The number of rotatable bonds is 1. The molecular formula is C13H20N2O. The molecule has 3 heteroatoms. The fourth-order valence-corrected chi connectivity index (χ4v) is 1.77. The predicted octanol–water partition coefficient (Wildman–Crippen LogP) is 2.45. The third kappa shape index (κ3) is 2.99. The Kier molecular flexibility index (Phi) is 4.83. The lowest BCUT2D eigenvalue weighted by Crippen LogP contribution is -2.48. The summed E-state index contributed by atoms with van der Waals surface area (Å²) in [5.41, 5.74) is 1.29. The van der Waals surface area contributed by atoms with Gasteiger partial charge in [0.25, 0.3) is 0 Å². The molecule has 1 unspecified atom stereocenters. The molecular weight excluding hydrogens is 200 g/mol. The molecule has 1 N–H and O–H groups in total. The highest BCUT2D eigenvalue weighted by molar-refractivity contribution is 5.74. The van der Waals surface area contributed by atoms with Crippen LogP contribution < -0.4 is 5.32 Å². The lowest BCUT2D eigenvalue weighted by Gasteiger charge is -2.30. The molecule has 1 saturated heterocycles. The van der Waals surface area contributed by atoms with Gasteiger partial charge < -0.3 is 10.2 Å². The molecule has 0 spiro atoms. The Bertz CT molecular complexity index is 324. The van der Waals surface area contributed by atoms with Crippen molar-refractivity contribution < 1.29 is 4.79 Å². The van der Waals surface area contributed by atoms with Gasteiger partial charge in [-0.2, -0.15) is 0 Å². The van der Waals surface area contributed by atoms with Gasteiger partial charge in [0.1, 0.15) is 0 Å². The van der Waals surface area contributed by atoms with Crippen molar-refractivity contribution in [3.63, 3.8) is 0 Å². The minimum Gasteiger partial charge on any atom is -0.337 e. The number of nitrogens with one attached hydrogen (secondary N) is 1. The van der Waals surface area contributed by atoms with E-state index in [1.54, 1.807) is 4.90 Å². The second kappa shape index (κ2) is 6.16. The molecule has 2 amide bonds. The summed E-state index contributed by atoms with van der Waals surface area (Å²) in [6.07, 6.45) is 0. The van der Waals surface area contributed by atoms with Crippen LogP contribution in [-0.4, -0.2) is 31.1 Å². The summed E-state index contributed by atoms with van der Waals surface area (Å²) in [6, 6.07) is 10.3. The molecule has 2 rings (SSSR count). The molecule has 0 aliphatic carbocycles. The first-order valence-corrected chi connectivity index (χ1v) is 5.81. The van der Waals surface area contributed by atoms with E-state index in [4.69, 9.17) is 0 Å². The highest BCUT2D eigenvalue weighted by atomic mass is 16.2. The van der Waals surface area contributed by atoms with E-state index < -0.39 is 0 Å². The summed E-state index contributed by atoms with van der Waals surface area (Å²) in [7, 11) is 1.82. The number of benzene rings is 1. The first-order valence-electron chi connectivity index (χ1n) is 5.81. The Labute approximate surface area is 97.5 Å². The van der Waals surface area contributed by atoms with Gasteiger partial charge in [-0.25, -0.2) is 4.79 Å². The van der Waals surface area contributed by atoms with Gasteiger partial charge >= 0.3 is 6.03 Å². The monoisotopic (exact) mass is 220 g/mol. The van der Waals surface area contributed by atoms with E-state index in [1.807, 2.05) is 39.1 Å². The van der Waals surface area contributed by atoms with Crippen LogP contribution in [0.4, 0.5) is 4.79 Å². The molecule has 1 aliphatic heterocycles. The van der Waals surface area contributed by atoms with Gasteiger partial charge in [-0.05, 0) is 5.56 Å². The Hall–Kier alpha value is -1.51. The molecule has 1 atom stereocenters. The van der Waals surface area contributed by atoms with Gasteiger partial charge in [0.15, 0.2) is 0 Å². The highest BCUT2D eigenvalue weighted by Crippen LogP contribution is 2.18. The first-order chi connectivity index (χ1) is 7.77. The second-order valence-electron chi connectivity index (χ2n) is 3.67. The summed E-state index contributed by atoms with van der Waals surface area (Å²) in [5.74, 6) is 0.416. The van der Waals surface area contributed by atoms with Crippen molar-refractivity contribution in [3.8, 4) is 0 Å². The zero-order chi connectivity index (χ0) is 12.0. The Balaban J connectivity index is 0.000000606. The van der Waals surface area contributed by atoms with E-state index in [0.717, 1.165) is 13.1 Å². The van der Waals surface area contributed by atoms with E-state index in [1.165, 1.54) is 5.56 Å². The van der Waals surface area contributed by atoms with Crippen LogP contribution in [0.15, 0.2) is 30.3 Å². The topological polar surface area (TPSA) is 32.3 Å². The van der Waals surface area contributed by atoms with E-state index >= 15 is 0 Å². The summed E-state index contributed by atoms with van der Waals surface area (Å²) in [5, 5.41) is 2.87. The van der Waals surface area contributed by atoms with Gasteiger partial charge in [0, 0.05) is 26.1 Å². The van der Waals surface area contributed by atoms with Crippen molar-refractivity contribution in [1.82, 2.24) is 10.2 Å². The minimum absolute atomic E-state index is 0.0252. The molecule has 1 aromatic carbocycles. The van der Waals surface area contributed by atoms with Gasteiger partial charge in [0.2, 0.25) is 0 Å². The van der Waals surface area contributed by atoms with E-state index in [9.17, 15) is 4.79 Å². The van der Waals surface area contributed by atoms with E-state index in [2.05, 4.69) is 17.4 Å². The number of carbonyl (C=O) groups is 1. The molecule has 16 heavy (non-hydrogen) atoms. The maximum Gasteiger partial charge on any atom is 0.317 e. The van der Waals surface area contributed by atoms with Crippen LogP contribution in [0, 0.1) is 0 Å². The SMILES string of the molecule is CC.CN1CC(c2ccccc2)CNC1=O. The average molecular weight is 220 g/mol. The smallest absolute Gasteiger partial charge is 0.317 e. The van der Waals surface area contributed by atoms with E-state index in [0.29, 0.717) is 5.92 Å². The number of likely N-dealkylation sites (N-methyl/N-ethyl adjacent to an activating group) is 1. The normalized spacial score (nSPS) is 19.6. The fraction of sp³-hybridized carbons (Fsp3) is 0.462. The van der Waals surface area contributed by atoms with Crippen molar-refractivity contribution in [1.29, 1.82) is 0 Å². The van der Waals surface area contributed by atoms with Crippen molar-refractivity contribution >= 4 is 6.03 Å². The van der Waals surface area contributed by atoms with Crippen LogP contribution >= 0.6 is 0 Å². The lowest BCUT2D eigenvalue weighted by atomic mass is 9.97. The van der Waals surface area contributed by atoms with Crippen LogP contribution in [-0.2, 0) is 0 Å². The fourth-order valence-electron chi connectivity index (χ4n) is 1.77. The Morgan fingerprint density at radius 3 is 2.44 bits per heavy atom. The van der Waals surface area contributed by atoms with Gasteiger partial charge in [-0.15, -0.1) is 0 Å². The lowest BCUT2D eigenvalue weighted by molar-refractivity contribution is 0.193. The summed E-state index contributed by atoms with van der Waals surface area (Å²) >= 11 is 0. The van der Waals surface area contributed by atoms with E-state index in [-0.39, 0.29) is 6.03 Å². The summed E-state index contributed by atoms with van der Waals surface area (Å²) in [6.45, 7) is 5.54. The number of hydrogen-bond donors (Lipinski definition) is 1. The molecule has 1 heterocycles. The molecule has 0 bridgehead atoms. The molecule has 1 fully saturated rings. The standard InChI is InChI=1S/C11H14N2O.C2H6/c1-13-8-10(7-12-11(13)14)9-5-3-2-4-6-9;1-2/h2-6,10H,7-8H2,1H3,(H,12,14);1-2H3. The number of nitrogens with zero attached hydrogens (tertiary/aromatic N) is 1. The molecule has 3 nitrogen and oxygen atoms in total. The van der Waals surface area contributed by atoms with Gasteiger partial charge in [-0.3, -0.25) is 0 Å². The Morgan fingerprint density at radius 1 is 1.25 bits per heavy atom. The average Bonchev–Trinajstić information content (AvgIpc) is 2.36. The maximum atomic E-state index is 11.2. The van der Waals surface area contributed by atoms with Crippen molar-refractivity contribution in [2.45, 2.75) is 19.8 Å². The zero-order valence-electron chi connectivity index (χ0n) is 10.2. The number of urea groups is 1. The quantitative estimate of drug-likeness (QED) is 0.774. The molecule has 0 radical (unpaired) electrons. The third-order valence-corrected chi connectivity index (χ3v) is 2.61. The second-order valence-corrected chi connectivity index (χ2v) is 3.67. The number of carbonyl (C=O) groups excluding carboxylic acids is 1. The molecule has 0 aromatic heterocycles. The predicted molar refractivity (Wildman–Crippen MR) is 66.6 cm³/mol. The maximum absolute atomic E-state index is 11.2. The highest BCUT2D eigenvalue weighted by Gasteiger charge is 2.22.